The van der Waals surface area contributed by atoms with Crippen molar-refractivity contribution >= 4 is 33.3 Å². The van der Waals surface area contributed by atoms with Crippen LogP contribution in [0.2, 0.25) is 0 Å². The van der Waals surface area contributed by atoms with Gasteiger partial charge >= 0.3 is 0 Å². The van der Waals surface area contributed by atoms with Crippen molar-refractivity contribution in [2.24, 2.45) is 0 Å². The zero-order chi connectivity index (χ0) is 19.8. The molecule has 0 unspecified atom stereocenters. The summed E-state index contributed by atoms with van der Waals surface area (Å²) in [7, 11) is 0. The van der Waals surface area contributed by atoms with E-state index in [0.29, 0.717) is 13.1 Å². The van der Waals surface area contributed by atoms with Gasteiger partial charge in [0.2, 0.25) is 0 Å². The molecule has 0 spiro atoms. The molecule has 6 heteroatoms. The molecule has 4 rings (SSSR count). The predicted molar refractivity (Wildman–Crippen MR) is 116 cm³/mol. The maximum atomic E-state index is 12.9. The fourth-order valence-corrected chi connectivity index (χ4v) is 4.81. The molecule has 28 heavy (non-hydrogen) atoms. The smallest absolute Gasteiger partial charge is 0.254 e. The van der Waals surface area contributed by atoms with Crippen molar-refractivity contribution in [1.29, 1.82) is 0 Å². The van der Waals surface area contributed by atoms with Gasteiger partial charge in [0, 0.05) is 43.0 Å². The lowest BCUT2D eigenvalue weighted by molar-refractivity contribution is 0.0746. The number of hydrogen-bond acceptors (Lipinski definition) is 5. The van der Waals surface area contributed by atoms with Gasteiger partial charge in [-0.25, -0.2) is 9.97 Å². The minimum absolute atomic E-state index is 0.127. The van der Waals surface area contributed by atoms with Crippen LogP contribution in [0.15, 0.2) is 24.3 Å². The Labute approximate surface area is 170 Å². The van der Waals surface area contributed by atoms with E-state index in [2.05, 4.69) is 25.7 Å². The van der Waals surface area contributed by atoms with E-state index in [1.165, 1.54) is 15.8 Å². The first-order valence-electron chi connectivity index (χ1n) is 9.86. The summed E-state index contributed by atoms with van der Waals surface area (Å²) in [6.07, 6.45) is 0.824. The standard InChI is InChI=1S/C22H26N4OS/c1-5-18-23-20(19-15(3)16(4)28-21(19)24-18)25-10-12-26(13-11-25)22(27)17-9-7-6-8-14(17)2/h6-9H,5,10-13H2,1-4H3. The normalized spacial score (nSPS) is 14.7. The van der Waals surface area contributed by atoms with Gasteiger partial charge in [-0.2, -0.15) is 0 Å². The van der Waals surface area contributed by atoms with Crippen molar-refractivity contribution < 1.29 is 4.79 Å². The quantitative estimate of drug-likeness (QED) is 0.670. The second-order valence-electron chi connectivity index (χ2n) is 7.37. The number of carbonyl (C=O) groups is 1. The summed E-state index contributed by atoms with van der Waals surface area (Å²) in [5.41, 5.74) is 3.11. The Hall–Kier alpha value is -2.47. The monoisotopic (exact) mass is 394 g/mol. The Morgan fingerprint density at radius 2 is 1.79 bits per heavy atom. The highest BCUT2D eigenvalue weighted by molar-refractivity contribution is 7.18. The van der Waals surface area contributed by atoms with Gasteiger partial charge in [0.25, 0.3) is 5.91 Å². The SMILES string of the molecule is CCc1nc(N2CCN(C(=O)c3ccccc3C)CC2)c2c(C)c(C)sc2n1. The van der Waals surface area contributed by atoms with E-state index in [1.54, 1.807) is 11.3 Å². The van der Waals surface area contributed by atoms with Crippen LogP contribution in [0, 0.1) is 20.8 Å². The van der Waals surface area contributed by atoms with Crippen LogP contribution in [0.25, 0.3) is 10.2 Å². The zero-order valence-corrected chi connectivity index (χ0v) is 17.8. The van der Waals surface area contributed by atoms with Gasteiger partial charge < -0.3 is 9.80 Å². The van der Waals surface area contributed by atoms with Crippen molar-refractivity contribution in [2.45, 2.75) is 34.1 Å². The summed E-state index contributed by atoms with van der Waals surface area (Å²) in [4.78, 5) is 29.2. The molecule has 2 aromatic heterocycles. The molecular weight excluding hydrogens is 368 g/mol. The number of benzene rings is 1. The van der Waals surface area contributed by atoms with E-state index in [4.69, 9.17) is 9.97 Å². The number of hydrogen-bond donors (Lipinski definition) is 0. The van der Waals surface area contributed by atoms with Gasteiger partial charge in [-0.3, -0.25) is 4.79 Å². The summed E-state index contributed by atoms with van der Waals surface area (Å²) in [5.74, 6) is 2.05. The average molecular weight is 395 g/mol. The van der Waals surface area contributed by atoms with Gasteiger partial charge in [0.15, 0.2) is 0 Å². The number of aryl methyl sites for hydroxylation is 4. The Morgan fingerprint density at radius 1 is 1.07 bits per heavy atom. The lowest BCUT2D eigenvalue weighted by Crippen LogP contribution is -2.49. The van der Waals surface area contributed by atoms with Crippen LogP contribution in [-0.2, 0) is 6.42 Å². The average Bonchev–Trinajstić information content (AvgIpc) is 3.01. The van der Waals surface area contributed by atoms with Crippen molar-refractivity contribution in [1.82, 2.24) is 14.9 Å². The third-order valence-electron chi connectivity index (χ3n) is 5.61. The molecule has 5 nitrogen and oxygen atoms in total. The van der Waals surface area contributed by atoms with Crippen LogP contribution in [0.3, 0.4) is 0 Å². The second-order valence-corrected chi connectivity index (χ2v) is 8.58. The molecule has 0 radical (unpaired) electrons. The molecule has 3 heterocycles. The van der Waals surface area contributed by atoms with Crippen LogP contribution in [0.4, 0.5) is 5.82 Å². The highest BCUT2D eigenvalue weighted by Crippen LogP contribution is 2.35. The molecule has 1 aliphatic rings. The lowest BCUT2D eigenvalue weighted by atomic mass is 10.1. The Morgan fingerprint density at radius 3 is 2.46 bits per heavy atom. The molecule has 1 amide bonds. The maximum Gasteiger partial charge on any atom is 0.254 e. The van der Waals surface area contributed by atoms with Crippen molar-refractivity contribution in [2.75, 3.05) is 31.1 Å². The van der Waals surface area contributed by atoms with E-state index in [0.717, 1.165) is 47.1 Å². The summed E-state index contributed by atoms with van der Waals surface area (Å²) >= 11 is 1.75. The first-order chi connectivity index (χ1) is 13.5. The second kappa shape index (κ2) is 7.51. The van der Waals surface area contributed by atoms with Crippen molar-refractivity contribution in [3.05, 3.63) is 51.7 Å². The number of amides is 1. The van der Waals surface area contributed by atoms with Gasteiger partial charge in [-0.05, 0) is 38.0 Å². The fourth-order valence-electron chi connectivity index (χ4n) is 3.76. The number of fused-ring (bicyclic) bond motifs is 1. The number of thiophene rings is 1. The molecule has 0 atom stereocenters. The van der Waals surface area contributed by atoms with E-state index in [1.807, 2.05) is 36.1 Å². The summed E-state index contributed by atoms with van der Waals surface area (Å²) in [5, 5.41) is 1.18. The molecule has 1 saturated heterocycles. The molecule has 1 aromatic carbocycles. The third-order valence-corrected chi connectivity index (χ3v) is 6.72. The van der Waals surface area contributed by atoms with Crippen LogP contribution in [-0.4, -0.2) is 47.0 Å². The molecule has 0 saturated carbocycles. The van der Waals surface area contributed by atoms with E-state index < -0.39 is 0 Å². The van der Waals surface area contributed by atoms with E-state index in [-0.39, 0.29) is 5.91 Å². The van der Waals surface area contributed by atoms with Crippen LogP contribution < -0.4 is 4.90 Å². The molecule has 1 aliphatic heterocycles. The highest BCUT2D eigenvalue weighted by atomic mass is 32.1. The summed E-state index contributed by atoms with van der Waals surface area (Å²) in [6, 6.07) is 7.82. The van der Waals surface area contributed by atoms with Gasteiger partial charge in [-0.15, -0.1) is 11.3 Å². The maximum absolute atomic E-state index is 12.9. The predicted octanol–water partition coefficient (Wildman–Crippen LogP) is 4.14. The number of piperazine rings is 1. The molecule has 3 aromatic rings. The lowest BCUT2D eigenvalue weighted by Gasteiger charge is -2.36. The van der Waals surface area contributed by atoms with Crippen molar-refractivity contribution in [3.63, 3.8) is 0 Å². The summed E-state index contributed by atoms with van der Waals surface area (Å²) < 4.78 is 0. The number of nitrogens with zero attached hydrogens (tertiary/aromatic N) is 4. The zero-order valence-electron chi connectivity index (χ0n) is 17.0. The Kier molecular flexibility index (Phi) is 5.06. The Bertz CT molecular complexity index is 1030. The number of rotatable bonds is 3. The highest BCUT2D eigenvalue weighted by Gasteiger charge is 2.26. The number of aromatic nitrogens is 2. The van der Waals surface area contributed by atoms with E-state index in [9.17, 15) is 4.79 Å². The van der Waals surface area contributed by atoms with Gasteiger partial charge in [0.1, 0.15) is 16.5 Å². The molecule has 0 bridgehead atoms. The first-order valence-corrected chi connectivity index (χ1v) is 10.7. The molecular formula is C22H26N4OS. The first kappa shape index (κ1) is 18.9. The molecule has 146 valence electrons. The van der Waals surface area contributed by atoms with Crippen LogP contribution in [0.5, 0.6) is 0 Å². The largest absolute Gasteiger partial charge is 0.352 e. The number of anilines is 1. The van der Waals surface area contributed by atoms with Crippen LogP contribution >= 0.6 is 11.3 Å². The Balaban J connectivity index is 1.59. The van der Waals surface area contributed by atoms with Crippen molar-refractivity contribution in [3.8, 4) is 0 Å². The topological polar surface area (TPSA) is 49.3 Å². The van der Waals surface area contributed by atoms with Crippen LogP contribution in [0.1, 0.15) is 39.1 Å². The third kappa shape index (κ3) is 3.26. The molecule has 0 N–H and O–H groups in total. The van der Waals surface area contributed by atoms with E-state index >= 15 is 0 Å². The summed E-state index contributed by atoms with van der Waals surface area (Å²) in [6.45, 7) is 11.4. The minimum atomic E-state index is 0.127. The molecule has 0 aliphatic carbocycles. The van der Waals surface area contributed by atoms with Gasteiger partial charge in [0.05, 0.1) is 5.39 Å². The van der Waals surface area contributed by atoms with Gasteiger partial charge in [-0.1, -0.05) is 25.1 Å². The molecule has 1 fully saturated rings. The minimum Gasteiger partial charge on any atom is -0.352 e. The number of carbonyl (C=O) groups excluding carboxylic acids is 1. The fraction of sp³-hybridized carbons (Fsp3) is 0.409.